The first kappa shape index (κ1) is 20.4. The van der Waals surface area contributed by atoms with Crippen LogP contribution in [0, 0.1) is 20.8 Å². The van der Waals surface area contributed by atoms with Crippen molar-refractivity contribution in [1.82, 2.24) is 4.98 Å². The number of nitrogens with zero attached hydrogens (tertiary/aromatic N) is 1. The SMILES string of the molecule is Cc1cc(-c2cccc3c2oc2cc(-c4c(C)cccc4C)ccc23)ncc1-c1ccccc1. The molecule has 6 rings (SSSR count). The predicted octanol–water partition coefficient (Wildman–Crippen LogP) is 8.91. The fraction of sp³-hybridized carbons (Fsp3) is 0.0938. The van der Waals surface area contributed by atoms with E-state index in [2.05, 4.69) is 106 Å². The number of fused-ring (bicyclic) bond motifs is 3. The maximum atomic E-state index is 6.49. The molecule has 0 fully saturated rings. The summed E-state index contributed by atoms with van der Waals surface area (Å²) in [6.07, 6.45) is 1.97. The largest absolute Gasteiger partial charge is 0.455 e. The minimum atomic E-state index is 0.885. The van der Waals surface area contributed by atoms with Crippen LogP contribution in [0.15, 0.2) is 102 Å². The van der Waals surface area contributed by atoms with Crippen molar-refractivity contribution in [2.75, 3.05) is 0 Å². The fourth-order valence-electron chi connectivity index (χ4n) is 5.05. The molecule has 0 N–H and O–H groups in total. The van der Waals surface area contributed by atoms with Gasteiger partial charge >= 0.3 is 0 Å². The smallest absolute Gasteiger partial charge is 0.144 e. The predicted molar refractivity (Wildman–Crippen MR) is 142 cm³/mol. The van der Waals surface area contributed by atoms with Gasteiger partial charge in [-0.05, 0) is 78.4 Å². The van der Waals surface area contributed by atoms with E-state index in [9.17, 15) is 0 Å². The van der Waals surface area contributed by atoms with E-state index in [4.69, 9.17) is 9.40 Å². The minimum Gasteiger partial charge on any atom is -0.455 e. The zero-order valence-electron chi connectivity index (χ0n) is 19.6. The second-order valence-corrected chi connectivity index (χ2v) is 9.01. The Morgan fingerprint density at radius 3 is 2.12 bits per heavy atom. The summed E-state index contributed by atoms with van der Waals surface area (Å²) in [5.41, 5.74) is 12.3. The summed E-state index contributed by atoms with van der Waals surface area (Å²) in [6.45, 7) is 6.47. The lowest BCUT2D eigenvalue weighted by Gasteiger charge is -2.09. The molecule has 0 unspecified atom stereocenters. The van der Waals surface area contributed by atoms with Gasteiger partial charge in [0.2, 0.25) is 0 Å². The van der Waals surface area contributed by atoms with Crippen molar-refractivity contribution in [3.8, 4) is 33.5 Å². The number of aromatic nitrogens is 1. The van der Waals surface area contributed by atoms with Gasteiger partial charge in [-0.2, -0.15) is 0 Å². The number of pyridine rings is 1. The van der Waals surface area contributed by atoms with E-state index in [0.717, 1.165) is 38.8 Å². The molecule has 0 spiro atoms. The maximum absolute atomic E-state index is 6.49. The van der Waals surface area contributed by atoms with Crippen LogP contribution in [0.1, 0.15) is 16.7 Å². The van der Waals surface area contributed by atoms with Crippen LogP contribution in [-0.2, 0) is 0 Å². The molecule has 6 aromatic rings. The summed E-state index contributed by atoms with van der Waals surface area (Å²) in [4.78, 5) is 4.83. The van der Waals surface area contributed by atoms with Crippen molar-refractivity contribution in [1.29, 1.82) is 0 Å². The molecule has 0 saturated heterocycles. The Bertz CT molecular complexity index is 1650. The summed E-state index contributed by atoms with van der Waals surface area (Å²) in [5.74, 6) is 0. The maximum Gasteiger partial charge on any atom is 0.144 e. The van der Waals surface area contributed by atoms with Crippen molar-refractivity contribution in [3.05, 3.63) is 114 Å². The standard InChI is InChI=1S/C32H25NO/c1-20-9-7-10-21(2)31(20)24-15-16-25-26-13-8-14-27(32(26)34-30(25)18-24)29-17-22(3)28(19-33-29)23-11-5-4-6-12-23/h4-19H,1-3H3. The van der Waals surface area contributed by atoms with Crippen molar-refractivity contribution in [2.24, 2.45) is 0 Å². The van der Waals surface area contributed by atoms with Crippen LogP contribution >= 0.6 is 0 Å². The van der Waals surface area contributed by atoms with Gasteiger partial charge < -0.3 is 4.42 Å². The Morgan fingerprint density at radius 1 is 0.588 bits per heavy atom. The average molecular weight is 440 g/mol. The van der Waals surface area contributed by atoms with E-state index in [1.54, 1.807) is 0 Å². The van der Waals surface area contributed by atoms with Crippen LogP contribution in [0.3, 0.4) is 0 Å². The highest BCUT2D eigenvalue weighted by molar-refractivity contribution is 6.10. The number of hydrogen-bond acceptors (Lipinski definition) is 2. The third-order valence-electron chi connectivity index (χ3n) is 6.74. The Kier molecular flexibility index (Phi) is 4.81. The quantitative estimate of drug-likeness (QED) is 0.275. The highest BCUT2D eigenvalue weighted by Crippen LogP contribution is 2.38. The van der Waals surface area contributed by atoms with E-state index >= 15 is 0 Å². The Morgan fingerprint density at radius 2 is 1.35 bits per heavy atom. The minimum absolute atomic E-state index is 0.885. The second kappa shape index (κ2) is 8.00. The highest BCUT2D eigenvalue weighted by atomic mass is 16.3. The lowest BCUT2D eigenvalue weighted by Crippen LogP contribution is -1.90. The Balaban J connectivity index is 1.50. The molecule has 0 aliphatic heterocycles. The summed E-state index contributed by atoms with van der Waals surface area (Å²) >= 11 is 0. The van der Waals surface area contributed by atoms with Gasteiger partial charge in [-0.25, -0.2) is 0 Å². The number of para-hydroxylation sites is 1. The summed E-state index contributed by atoms with van der Waals surface area (Å²) in [7, 11) is 0. The second-order valence-electron chi connectivity index (χ2n) is 9.01. The monoisotopic (exact) mass is 439 g/mol. The number of aryl methyl sites for hydroxylation is 3. The topological polar surface area (TPSA) is 26.0 Å². The molecule has 2 heteroatoms. The van der Waals surface area contributed by atoms with Crippen LogP contribution in [0.5, 0.6) is 0 Å². The van der Waals surface area contributed by atoms with Gasteiger partial charge in [0, 0.05) is 28.1 Å². The molecule has 34 heavy (non-hydrogen) atoms. The number of benzene rings is 4. The molecule has 0 aliphatic carbocycles. The first-order valence-corrected chi connectivity index (χ1v) is 11.6. The molecule has 0 atom stereocenters. The van der Waals surface area contributed by atoms with Crippen LogP contribution in [0.2, 0.25) is 0 Å². The van der Waals surface area contributed by atoms with Gasteiger partial charge in [-0.1, -0.05) is 66.7 Å². The molecule has 2 heterocycles. The first-order valence-electron chi connectivity index (χ1n) is 11.6. The highest BCUT2D eigenvalue weighted by Gasteiger charge is 2.15. The molecule has 0 saturated carbocycles. The van der Waals surface area contributed by atoms with Crippen LogP contribution in [-0.4, -0.2) is 4.98 Å². The molecular formula is C32H25NO. The molecule has 2 aromatic heterocycles. The molecule has 0 bridgehead atoms. The lowest BCUT2D eigenvalue weighted by atomic mass is 9.95. The zero-order valence-corrected chi connectivity index (χ0v) is 19.6. The molecule has 2 nitrogen and oxygen atoms in total. The van der Waals surface area contributed by atoms with Gasteiger partial charge in [0.15, 0.2) is 0 Å². The first-order chi connectivity index (χ1) is 16.6. The van der Waals surface area contributed by atoms with Crippen molar-refractivity contribution >= 4 is 21.9 Å². The van der Waals surface area contributed by atoms with Crippen LogP contribution < -0.4 is 0 Å². The van der Waals surface area contributed by atoms with E-state index in [-0.39, 0.29) is 0 Å². The Hall–Kier alpha value is -4.17. The molecule has 0 aliphatic rings. The van der Waals surface area contributed by atoms with Crippen molar-refractivity contribution < 1.29 is 4.42 Å². The van der Waals surface area contributed by atoms with Crippen molar-refractivity contribution in [2.45, 2.75) is 20.8 Å². The number of rotatable bonds is 3. The zero-order chi connectivity index (χ0) is 23.2. The summed E-state index contributed by atoms with van der Waals surface area (Å²) in [6, 6.07) is 31.9. The third-order valence-corrected chi connectivity index (χ3v) is 6.74. The molecule has 4 aromatic carbocycles. The fourth-order valence-corrected chi connectivity index (χ4v) is 5.05. The molecular weight excluding hydrogens is 414 g/mol. The molecule has 164 valence electrons. The van der Waals surface area contributed by atoms with E-state index < -0.39 is 0 Å². The lowest BCUT2D eigenvalue weighted by molar-refractivity contribution is 0.670. The van der Waals surface area contributed by atoms with E-state index in [1.165, 1.54) is 33.4 Å². The third kappa shape index (κ3) is 3.31. The number of hydrogen-bond donors (Lipinski definition) is 0. The Labute approximate surface area is 199 Å². The van der Waals surface area contributed by atoms with Crippen LogP contribution in [0.4, 0.5) is 0 Å². The average Bonchev–Trinajstić information content (AvgIpc) is 3.22. The normalized spacial score (nSPS) is 11.4. The van der Waals surface area contributed by atoms with Crippen LogP contribution in [0.25, 0.3) is 55.4 Å². The van der Waals surface area contributed by atoms with Gasteiger partial charge in [0.05, 0.1) is 5.69 Å². The van der Waals surface area contributed by atoms with Gasteiger partial charge in [-0.3, -0.25) is 4.98 Å². The van der Waals surface area contributed by atoms with Gasteiger partial charge in [-0.15, -0.1) is 0 Å². The van der Waals surface area contributed by atoms with Gasteiger partial charge in [0.1, 0.15) is 11.2 Å². The summed E-state index contributed by atoms with van der Waals surface area (Å²) in [5, 5.41) is 2.25. The van der Waals surface area contributed by atoms with E-state index in [1.807, 2.05) is 12.3 Å². The number of furan rings is 1. The summed E-state index contributed by atoms with van der Waals surface area (Å²) < 4.78 is 6.49. The van der Waals surface area contributed by atoms with Crippen molar-refractivity contribution in [3.63, 3.8) is 0 Å². The molecule has 0 radical (unpaired) electrons. The van der Waals surface area contributed by atoms with E-state index in [0.29, 0.717) is 0 Å². The van der Waals surface area contributed by atoms with Gasteiger partial charge in [0.25, 0.3) is 0 Å². The molecule has 0 amide bonds.